The number of hydrogen-bond donors (Lipinski definition) is 0. The zero-order chi connectivity index (χ0) is 6.97. The second-order valence-electron chi connectivity index (χ2n) is 2.62. The lowest BCUT2D eigenvalue weighted by Gasteiger charge is -1.89. The second-order valence-corrected chi connectivity index (χ2v) is 2.62. The lowest BCUT2D eigenvalue weighted by Crippen LogP contribution is -1.77. The largest absolute Gasteiger partial charge is 0.457 e. The molecule has 0 N–H and O–H groups in total. The van der Waals surface area contributed by atoms with Crippen molar-refractivity contribution >= 4 is 11.2 Å². The van der Waals surface area contributed by atoms with Gasteiger partial charge in [-0.3, -0.25) is 0 Å². The molecule has 0 fully saturated rings. The predicted molar refractivity (Wildman–Crippen MR) is 41.4 cm³/mol. The molecule has 2 rings (SSSR count). The van der Waals surface area contributed by atoms with Gasteiger partial charge in [-0.15, -0.1) is 0 Å². The van der Waals surface area contributed by atoms with Gasteiger partial charge in [-0.1, -0.05) is 13.3 Å². The number of fused-ring (bicyclic) bond motifs is 2. The highest BCUT2D eigenvalue weighted by Gasteiger charge is 2.04. The fourth-order valence-electron chi connectivity index (χ4n) is 1.31. The van der Waals surface area contributed by atoms with Crippen molar-refractivity contribution in [1.29, 1.82) is 0 Å². The molecule has 0 aliphatic carbocycles. The normalized spacial score (nSPS) is 11.3. The minimum atomic E-state index is 1.01. The molecule has 2 bridgehead atoms. The van der Waals surface area contributed by atoms with Crippen LogP contribution in [0.25, 0.3) is 11.2 Å². The van der Waals surface area contributed by atoms with Crippen molar-refractivity contribution in [3.8, 4) is 0 Å². The van der Waals surface area contributed by atoms with Crippen molar-refractivity contribution < 1.29 is 4.42 Å². The summed E-state index contributed by atoms with van der Waals surface area (Å²) in [5.41, 5.74) is 3.44. The number of hydrogen-bond acceptors (Lipinski definition) is 1. The lowest BCUT2D eigenvalue weighted by molar-refractivity contribution is 0.671. The quantitative estimate of drug-likeness (QED) is 0.615. The van der Waals surface area contributed by atoms with Crippen LogP contribution in [0.1, 0.15) is 18.9 Å². The summed E-state index contributed by atoms with van der Waals surface area (Å²) in [6, 6.07) is 6.17. The topological polar surface area (TPSA) is 13.1 Å². The van der Waals surface area contributed by atoms with Crippen LogP contribution >= 0.6 is 0 Å². The Morgan fingerprint density at radius 1 is 1.40 bits per heavy atom. The second kappa shape index (κ2) is 2.01. The van der Waals surface area contributed by atoms with Crippen LogP contribution in [0, 0.1) is 0 Å². The summed E-state index contributed by atoms with van der Waals surface area (Å²) in [5.74, 6) is 0. The summed E-state index contributed by atoms with van der Waals surface area (Å²) in [5, 5.41) is 0. The lowest BCUT2D eigenvalue weighted by atomic mass is 10.1. The molecule has 0 unspecified atom stereocenters. The van der Waals surface area contributed by atoms with E-state index in [2.05, 4.69) is 13.0 Å². The Hall–Kier alpha value is -0.980. The maximum absolute atomic E-state index is 5.37. The Balaban J connectivity index is 2.43. The van der Waals surface area contributed by atoms with Gasteiger partial charge >= 0.3 is 0 Å². The monoisotopic (exact) mass is 134 g/mol. The van der Waals surface area contributed by atoms with Gasteiger partial charge in [-0.25, -0.2) is 0 Å². The van der Waals surface area contributed by atoms with Gasteiger partial charge in [-0.2, -0.15) is 0 Å². The Kier molecular flexibility index (Phi) is 1.16. The molecule has 0 atom stereocenters. The highest BCUT2D eigenvalue weighted by molar-refractivity contribution is 5.65. The summed E-state index contributed by atoms with van der Waals surface area (Å²) in [7, 11) is 0. The number of rotatable bonds is 2. The van der Waals surface area contributed by atoms with Gasteiger partial charge in [-0.05, 0) is 30.2 Å². The molecule has 2 aromatic heterocycles. The molecule has 0 spiro atoms. The van der Waals surface area contributed by atoms with Crippen LogP contribution in [-0.2, 0) is 6.42 Å². The van der Waals surface area contributed by atoms with Crippen LogP contribution in [0.2, 0.25) is 0 Å². The highest BCUT2D eigenvalue weighted by Crippen LogP contribution is 2.22. The summed E-state index contributed by atoms with van der Waals surface area (Å²) < 4.78 is 5.37. The van der Waals surface area contributed by atoms with Crippen molar-refractivity contribution in [2.45, 2.75) is 19.8 Å². The third-order valence-corrected chi connectivity index (χ3v) is 1.78. The molecule has 0 aliphatic heterocycles. The van der Waals surface area contributed by atoms with Crippen molar-refractivity contribution in [3.63, 3.8) is 0 Å². The van der Waals surface area contributed by atoms with E-state index in [1.165, 1.54) is 12.0 Å². The van der Waals surface area contributed by atoms with Gasteiger partial charge in [0.15, 0.2) is 0 Å². The first-order valence-corrected chi connectivity index (χ1v) is 3.71. The van der Waals surface area contributed by atoms with E-state index in [4.69, 9.17) is 4.42 Å². The fraction of sp³-hybridized carbons (Fsp3) is 0.333. The van der Waals surface area contributed by atoms with E-state index in [-0.39, 0.29) is 0 Å². The minimum absolute atomic E-state index is 1.01. The fourth-order valence-corrected chi connectivity index (χ4v) is 1.31. The van der Waals surface area contributed by atoms with Crippen LogP contribution in [-0.4, -0.2) is 0 Å². The van der Waals surface area contributed by atoms with Crippen LogP contribution in [0.15, 0.2) is 22.6 Å². The van der Waals surface area contributed by atoms with E-state index in [0.29, 0.717) is 0 Å². The molecule has 10 heavy (non-hydrogen) atoms. The molecule has 2 aromatic rings. The van der Waals surface area contributed by atoms with Gasteiger partial charge in [0.05, 0.1) is 0 Å². The van der Waals surface area contributed by atoms with Crippen molar-refractivity contribution in [2.75, 3.05) is 0 Å². The first kappa shape index (κ1) is 5.78. The molecule has 0 radical (unpaired) electrons. The van der Waals surface area contributed by atoms with Gasteiger partial charge in [0, 0.05) is 0 Å². The summed E-state index contributed by atoms with van der Waals surface area (Å²) >= 11 is 0. The van der Waals surface area contributed by atoms with Crippen molar-refractivity contribution in [1.82, 2.24) is 0 Å². The molecular formula is C9H10O. The third kappa shape index (κ3) is 0.703. The van der Waals surface area contributed by atoms with E-state index in [1.807, 2.05) is 12.1 Å². The van der Waals surface area contributed by atoms with Gasteiger partial charge in [0.1, 0.15) is 11.2 Å². The molecule has 1 nitrogen and oxygen atoms in total. The Bertz CT molecular complexity index is 308. The maximum atomic E-state index is 5.37. The highest BCUT2D eigenvalue weighted by atomic mass is 16.3. The zero-order valence-electron chi connectivity index (χ0n) is 6.05. The molecule has 0 aromatic carbocycles. The van der Waals surface area contributed by atoms with Crippen molar-refractivity contribution in [2.24, 2.45) is 0 Å². The number of furan rings is 2. The van der Waals surface area contributed by atoms with E-state index in [0.717, 1.165) is 17.6 Å². The van der Waals surface area contributed by atoms with Crippen LogP contribution in [0.5, 0.6) is 0 Å². The molecule has 1 heteroatoms. The summed E-state index contributed by atoms with van der Waals surface area (Å²) in [6.07, 6.45) is 2.34. The standard InChI is InChI=1S/C9H10O/c1-2-3-7-6-8-4-5-9(7)10-8/h4-6H,2-3H2,1H3. The molecule has 52 valence electrons. The third-order valence-electron chi connectivity index (χ3n) is 1.78. The molecule has 0 saturated carbocycles. The summed E-state index contributed by atoms with van der Waals surface area (Å²) in [4.78, 5) is 0. The number of benzene rings is 1. The summed E-state index contributed by atoms with van der Waals surface area (Å²) in [6.45, 7) is 2.18. The van der Waals surface area contributed by atoms with Gasteiger partial charge in [0.25, 0.3) is 0 Å². The van der Waals surface area contributed by atoms with Gasteiger partial charge < -0.3 is 4.42 Å². The zero-order valence-corrected chi connectivity index (χ0v) is 6.05. The number of aryl methyl sites for hydroxylation is 1. The Morgan fingerprint density at radius 3 is 2.80 bits per heavy atom. The first-order valence-electron chi connectivity index (χ1n) is 3.71. The average molecular weight is 134 g/mol. The molecule has 0 aliphatic rings. The Labute approximate surface area is 60.0 Å². The van der Waals surface area contributed by atoms with Gasteiger partial charge in [0.2, 0.25) is 0 Å². The average Bonchev–Trinajstić information content (AvgIpc) is 2.48. The van der Waals surface area contributed by atoms with E-state index in [1.54, 1.807) is 0 Å². The van der Waals surface area contributed by atoms with E-state index < -0.39 is 0 Å². The van der Waals surface area contributed by atoms with E-state index in [9.17, 15) is 0 Å². The SMILES string of the molecule is CCCc1cc2ccc1o2. The minimum Gasteiger partial charge on any atom is -0.457 e. The van der Waals surface area contributed by atoms with Crippen molar-refractivity contribution in [3.05, 3.63) is 23.8 Å². The Morgan fingerprint density at radius 2 is 2.30 bits per heavy atom. The molecule has 0 saturated heterocycles. The smallest absolute Gasteiger partial charge is 0.130 e. The van der Waals surface area contributed by atoms with Crippen LogP contribution in [0.4, 0.5) is 0 Å². The molecular weight excluding hydrogens is 124 g/mol. The van der Waals surface area contributed by atoms with Crippen LogP contribution in [0.3, 0.4) is 0 Å². The van der Waals surface area contributed by atoms with Crippen LogP contribution < -0.4 is 0 Å². The predicted octanol–water partition coefficient (Wildman–Crippen LogP) is 2.82. The maximum Gasteiger partial charge on any atom is 0.130 e. The first-order chi connectivity index (χ1) is 4.90. The van der Waals surface area contributed by atoms with E-state index >= 15 is 0 Å². The molecule has 0 amide bonds. The molecule has 2 heterocycles.